The maximum atomic E-state index is 15.0. The van der Waals surface area contributed by atoms with E-state index in [1.54, 1.807) is 6.92 Å². The summed E-state index contributed by atoms with van der Waals surface area (Å²) in [6, 6.07) is -2.33. The second-order valence-electron chi connectivity index (χ2n) is 8.09. The lowest BCUT2D eigenvalue weighted by Crippen LogP contribution is -2.57. The average molecular weight is 463 g/mol. The molecule has 13 heteroatoms. The fourth-order valence-electron chi connectivity index (χ4n) is 4.29. The first-order valence-electron chi connectivity index (χ1n) is 10.5. The molecule has 2 saturated heterocycles. The minimum Gasteiger partial charge on any atom is -0.378 e. The molecule has 0 radical (unpaired) electrons. The van der Waals surface area contributed by atoms with E-state index in [0.717, 1.165) is 9.47 Å². The van der Waals surface area contributed by atoms with Gasteiger partial charge in [-0.2, -0.15) is 22.5 Å². The van der Waals surface area contributed by atoms with Crippen LogP contribution in [0.4, 0.5) is 29.3 Å². The number of rotatable bonds is 3. The molecule has 9 nitrogen and oxygen atoms in total. The van der Waals surface area contributed by atoms with Crippen LogP contribution < -0.4 is 15.4 Å². The van der Waals surface area contributed by atoms with Gasteiger partial charge in [0.25, 0.3) is 5.56 Å². The molecule has 1 aromatic heterocycles. The molecular formula is C19H25F4N5O4. The SMILES string of the molecule is C[C@@H]1COCCN1c1nc2n(c(=O)c1F)CC[C@@H](C(F)(F)F)N2CC(=O)N1CCOCC1. The summed E-state index contributed by atoms with van der Waals surface area (Å²) in [4.78, 5) is 33.4. The highest BCUT2D eigenvalue weighted by molar-refractivity contribution is 5.81. The summed E-state index contributed by atoms with van der Waals surface area (Å²) in [7, 11) is 0. The second-order valence-corrected chi connectivity index (χ2v) is 8.09. The molecule has 2 atom stereocenters. The van der Waals surface area contributed by atoms with Gasteiger partial charge < -0.3 is 24.2 Å². The number of carbonyl (C=O) groups excluding carboxylic acids is 1. The van der Waals surface area contributed by atoms with Crippen molar-refractivity contribution < 1.29 is 31.8 Å². The molecule has 3 aliphatic heterocycles. The zero-order valence-corrected chi connectivity index (χ0v) is 17.6. The number of nitrogens with zero attached hydrogens (tertiary/aromatic N) is 5. The number of anilines is 2. The van der Waals surface area contributed by atoms with Crippen molar-refractivity contribution in [1.82, 2.24) is 14.5 Å². The van der Waals surface area contributed by atoms with Gasteiger partial charge in [0.05, 0.1) is 32.5 Å². The Morgan fingerprint density at radius 2 is 1.81 bits per heavy atom. The summed E-state index contributed by atoms with van der Waals surface area (Å²) >= 11 is 0. The lowest BCUT2D eigenvalue weighted by Gasteiger charge is -2.41. The Balaban J connectivity index is 1.75. The van der Waals surface area contributed by atoms with E-state index in [-0.39, 0.29) is 57.2 Å². The van der Waals surface area contributed by atoms with E-state index < -0.39 is 42.5 Å². The van der Waals surface area contributed by atoms with Gasteiger partial charge in [-0.25, -0.2) is 0 Å². The van der Waals surface area contributed by atoms with Gasteiger partial charge in [0, 0.05) is 26.2 Å². The monoisotopic (exact) mass is 463 g/mol. The van der Waals surface area contributed by atoms with Gasteiger partial charge in [-0.3, -0.25) is 14.2 Å². The predicted octanol–water partition coefficient (Wildman–Crippen LogP) is 0.607. The summed E-state index contributed by atoms with van der Waals surface area (Å²) in [5.74, 6) is -2.31. The first kappa shape index (κ1) is 22.8. The van der Waals surface area contributed by atoms with Gasteiger partial charge in [0.2, 0.25) is 17.7 Å². The summed E-state index contributed by atoms with van der Waals surface area (Å²) in [5.41, 5.74) is -1.05. The molecule has 178 valence electrons. The Kier molecular flexibility index (Phi) is 6.30. The van der Waals surface area contributed by atoms with Gasteiger partial charge in [-0.05, 0) is 13.3 Å². The third kappa shape index (κ3) is 4.27. The van der Waals surface area contributed by atoms with Crippen LogP contribution in [0, 0.1) is 5.82 Å². The normalized spacial score (nSPS) is 24.5. The van der Waals surface area contributed by atoms with Gasteiger partial charge in [-0.1, -0.05) is 0 Å². The quantitative estimate of drug-likeness (QED) is 0.608. The molecule has 0 aliphatic carbocycles. The van der Waals surface area contributed by atoms with E-state index >= 15 is 0 Å². The Bertz CT molecular complexity index is 918. The molecule has 1 aromatic rings. The average Bonchev–Trinajstić information content (AvgIpc) is 2.76. The summed E-state index contributed by atoms with van der Waals surface area (Å²) in [5, 5.41) is 0. The van der Waals surface area contributed by atoms with Gasteiger partial charge in [0.1, 0.15) is 12.6 Å². The fraction of sp³-hybridized carbons (Fsp3) is 0.737. The highest BCUT2D eigenvalue weighted by Crippen LogP contribution is 2.35. The summed E-state index contributed by atoms with van der Waals surface area (Å²) < 4.78 is 68.0. The molecule has 0 saturated carbocycles. The number of aromatic nitrogens is 2. The van der Waals surface area contributed by atoms with Crippen molar-refractivity contribution in [3.05, 3.63) is 16.2 Å². The maximum Gasteiger partial charge on any atom is 0.408 e. The highest BCUT2D eigenvalue weighted by atomic mass is 19.4. The summed E-state index contributed by atoms with van der Waals surface area (Å²) in [6.07, 6.45) is -5.14. The third-order valence-corrected chi connectivity index (χ3v) is 6.02. The van der Waals surface area contributed by atoms with Crippen molar-refractivity contribution in [3.63, 3.8) is 0 Å². The summed E-state index contributed by atoms with van der Waals surface area (Å²) in [6.45, 7) is 2.69. The van der Waals surface area contributed by atoms with Crippen molar-refractivity contribution >= 4 is 17.7 Å². The van der Waals surface area contributed by atoms with E-state index in [9.17, 15) is 27.2 Å². The molecule has 3 aliphatic rings. The molecule has 4 rings (SSSR count). The first-order chi connectivity index (χ1) is 15.2. The smallest absolute Gasteiger partial charge is 0.378 e. The fourth-order valence-corrected chi connectivity index (χ4v) is 4.29. The van der Waals surface area contributed by atoms with Crippen molar-refractivity contribution in [2.45, 2.75) is 38.1 Å². The highest BCUT2D eigenvalue weighted by Gasteiger charge is 2.48. The van der Waals surface area contributed by atoms with E-state index in [0.29, 0.717) is 13.2 Å². The lowest BCUT2D eigenvalue weighted by molar-refractivity contribution is -0.154. The number of alkyl halides is 3. The lowest BCUT2D eigenvalue weighted by atomic mass is 10.1. The Morgan fingerprint density at radius 3 is 2.47 bits per heavy atom. The Hall–Kier alpha value is -2.41. The predicted molar refractivity (Wildman–Crippen MR) is 105 cm³/mol. The van der Waals surface area contributed by atoms with Crippen LogP contribution in [-0.2, 0) is 20.8 Å². The van der Waals surface area contributed by atoms with E-state index in [4.69, 9.17) is 9.47 Å². The first-order valence-corrected chi connectivity index (χ1v) is 10.5. The molecule has 1 amide bonds. The zero-order valence-electron chi connectivity index (χ0n) is 17.6. The van der Waals surface area contributed by atoms with Crippen LogP contribution in [0.1, 0.15) is 13.3 Å². The molecule has 0 unspecified atom stereocenters. The minimum absolute atomic E-state index is 0.239. The number of morpholine rings is 2. The topological polar surface area (TPSA) is 80.1 Å². The number of ether oxygens (including phenoxy) is 2. The molecular weight excluding hydrogens is 438 g/mol. The van der Waals surface area contributed by atoms with Crippen LogP contribution in [0.3, 0.4) is 0 Å². The molecule has 0 N–H and O–H groups in total. The van der Waals surface area contributed by atoms with Crippen LogP contribution >= 0.6 is 0 Å². The number of hydrogen-bond donors (Lipinski definition) is 0. The Morgan fingerprint density at radius 1 is 1.12 bits per heavy atom. The Labute approximate surface area is 181 Å². The van der Waals surface area contributed by atoms with Crippen LogP contribution in [0.5, 0.6) is 0 Å². The number of fused-ring (bicyclic) bond motifs is 1. The van der Waals surface area contributed by atoms with Crippen molar-refractivity contribution in [3.8, 4) is 0 Å². The number of amides is 1. The van der Waals surface area contributed by atoms with E-state index in [1.165, 1.54) is 9.80 Å². The zero-order chi connectivity index (χ0) is 23.0. The van der Waals surface area contributed by atoms with Gasteiger partial charge >= 0.3 is 6.18 Å². The third-order valence-electron chi connectivity index (χ3n) is 6.02. The van der Waals surface area contributed by atoms with Gasteiger partial charge in [-0.15, -0.1) is 0 Å². The largest absolute Gasteiger partial charge is 0.408 e. The number of halogens is 4. The standard InChI is InChI=1S/C19H25F4N5O4/c1-12-11-32-9-6-26(12)16-15(20)17(30)27-3-2-13(19(21,22)23)28(18(27)24-16)10-14(29)25-4-7-31-8-5-25/h12-13H,2-11H2,1H3/t12-,13+/m1/s1. The maximum absolute atomic E-state index is 15.0. The van der Waals surface area contributed by atoms with Crippen LogP contribution in [0.25, 0.3) is 0 Å². The van der Waals surface area contributed by atoms with Crippen molar-refractivity contribution in [2.75, 3.05) is 62.4 Å². The minimum atomic E-state index is -4.66. The van der Waals surface area contributed by atoms with Crippen LogP contribution in [0.15, 0.2) is 4.79 Å². The number of carbonyl (C=O) groups is 1. The van der Waals surface area contributed by atoms with Crippen molar-refractivity contribution in [1.29, 1.82) is 0 Å². The van der Waals surface area contributed by atoms with Gasteiger partial charge in [0.15, 0.2) is 5.82 Å². The number of hydrogen-bond acceptors (Lipinski definition) is 7. The molecule has 0 aromatic carbocycles. The van der Waals surface area contributed by atoms with Crippen LogP contribution in [0.2, 0.25) is 0 Å². The van der Waals surface area contributed by atoms with Crippen LogP contribution in [-0.4, -0.2) is 91.2 Å². The molecule has 32 heavy (non-hydrogen) atoms. The molecule has 0 bridgehead atoms. The van der Waals surface area contributed by atoms with E-state index in [1.807, 2.05) is 0 Å². The molecule has 0 spiro atoms. The molecule has 2 fully saturated rings. The second kappa shape index (κ2) is 8.85. The van der Waals surface area contributed by atoms with E-state index in [2.05, 4.69) is 4.98 Å². The molecule has 4 heterocycles. The van der Waals surface area contributed by atoms with Crippen molar-refractivity contribution in [2.24, 2.45) is 0 Å².